The minimum atomic E-state index is -3.65. The zero-order valence-corrected chi connectivity index (χ0v) is 12.1. The van der Waals surface area contributed by atoms with E-state index in [1.165, 1.54) is 28.6 Å². The van der Waals surface area contributed by atoms with Crippen LogP contribution in [-0.2, 0) is 14.8 Å². The molecule has 0 spiro atoms. The van der Waals surface area contributed by atoms with Crippen molar-refractivity contribution in [1.82, 2.24) is 4.31 Å². The van der Waals surface area contributed by atoms with Gasteiger partial charge in [-0.3, -0.25) is 0 Å². The van der Waals surface area contributed by atoms with Crippen LogP contribution in [0.5, 0.6) is 5.75 Å². The summed E-state index contributed by atoms with van der Waals surface area (Å²) in [7, 11) is -3.65. The van der Waals surface area contributed by atoms with Gasteiger partial charge in [-0.25, -0.2) is 13.2 Å². The minimum absolute atomic E-state index is 0.102. The molecule has 0 aliphatic carbocycles. The van der Waals surface area contributed by atoms with Crippen molar-refractivity contribution in [3.63, 3.8) is 0 Å². The number of hydrogen-bond donors (Lipinski definition) is 2. The fraction of sp³-hybridized carbons (Fsp3) is 0.462. The van der Waals surface area contributed by atoms with Gasteiger partial charge in [0.05, 0.1) is 11.5 Å². The summed E-state index contributed by atoms with van der Waals surface area (Å²) in [4.78, 5) is 10.5. The second-order valence-electron chi connectivity index (χ2n) is 4.75. The quantitative estimate of drug-likeness (QED) is 0.782. The van der Waals surface area contributed by atoms with E-state index in [9.17, 15) is 18.3 Å². The van der Waals surface area contributed by atoms with Crippen LogP contribution < -0.4 is 4.74 Å². The van der Waals surface area contributed by atoms with Gasteiger partial charge in [0.1, 0.15) is 5.75 Å². The number of sulfonamides is 1. The van der Waals surface area contributed by atoms with Gasteiger partial charge < -0.3 is 14.9 Å². The number of ether oxygens (including phenoxy) is 1. The van der Waals surface area contributed by atoms with E-state index >= 15 is 0 Å². The third-order valence-electron chi connectivity index (χ3n) is 3.33. The topological polar surface area (TPSA) is 104 Å². The van der Waals surface area contributed by atoms with Gasteiger partial charge in [-0.05, 0) is 37.1 Å². The molecular weight excluding hydrogens is 298 g/mol. The maximum atomic E-state index is 12.5. The number of rotatable bonds is 6. The summed E-state index contributed by atoms with van der Waals surface area (Å²) < 4.78 is 31.2. The zero-order valence-electron chi connectivity index (χ0n) is 11.3. The van der Waals surface area contributed by atoms with Gasteiger partial charge in [-0.2, -0.15) is 4.31 Å². The van der Waals surface area contributed by atoms with Crippen LogP contribution in [0.4, 0.5) is 0 Å². The van der Waals surface area contributed by atoms with E-state index in [1.807, 2.05) is 0 Å². The lowest BCUT2D eigenvalue weighted by atomic mass is 10.2. The smallest absolute Gasteiger partial charge is 0.341 e. The van der Waals surface area contributed by atoms with Crippen LogP contribution in [0.3, 0.4) is 0 Å². The highest BCUT2D eigenvalue weighted by Crippen LogP contribution is 2.26. The number of hydrogen-bond acceptors (Lipinski definition) is 5. The number of aliphatic carboxylic acids is 1. The lowest BCUT2D eigenvalue weighted by molar-refractivity contribution is -0.139. The highest BCUT2D eigenvalue weighted by molar-refractivity contribution is 7.89. The molecule has 0 aromatic heterocycles. The first-order valence-electron chi connectivity index (χ1n) is 6.52. The number of aliphatic hydroxyl groups excluding tert-OH is 1. The van der Waals surface area contributed by atoms with Crippen LogP contribution in [0.15, 0.2) is 29.2 Å². The normalized spacial score (nSPS) is 19.6. The molecule has 116 valence electrons. The molecule has 0 amide bonds. The SMILES string of the molecule is O=C(O)COc1ccc(S(=O)(=O)N2CCC[C@H]2CO)cc1. The van der Waals surface area contributed by atoms with Crippen molar-refractivity contribution in [3.8, 4) is 5.75 Å². The van der Waals surface area contributed by atoms with Crippen molar-refractivity contribution in [2.75, 3.05) is 19.8 Å². The molecule has 8 heteroatoms. The lowest BCUT2D eigenvalue weighted by Gasteiger charge is -2.22. The first kappa shape index (κ1) is 15.7. The van der Waals surface area contributed by atoms with Gasteiger partial charge >= 0.3 is 5.97 Å². The van der Waals surface area contributed by atoms with Gasteiger partial charge in [0.25, 0.3) is 0 Å². The van der Waals surface area contributed by atoms with E-state index < -0.39 is 22.6 Å². The molecule has 21 heavy (non-hydrogen) atoms. The van der Waals surface area contributed by atoms with Crippen LogP contribution in [0.1, 0.15) is 12.8 Å². The summed E-state index contributed by atoms with van der Waals surface area (Å²) in [6.07, 6.45) is 1.37. The number of carbonyl (C=O) groups is 1. The molecule has 1 aromatic rings. The molecule has 0 radical (unpaired) electrons. The average molecular weight is 315 g/mol. The molecule has 1 aromatic carbocycles. The number of carboxylic acids is 1. The van der Waals surface area contributed by atoms with Gasteiger partial charge in [-0.15, -0.1) is 0 Å². The standard InChI is InChI=1S/C13H17NO6S/c15-8-10-2-1-7-14(10)21(18,19)12-5-3-11(4-6-12)20-9-13(16)17/h3-6,10,15H,1-2,7-9H2,(H,16,17)/t10-/m0/s1. The van der Waals surface area contributed by atoms with Crippen molar-refractivity contribution >= 4 is 16.0 Å². The maximum Gasteiger partial charge on any atom is 0.341 e. The Bertz CT molecular complexity index is 598. The summed E-state index contributed by atoms with van der Waals surface area (Å²) in [6, 6.07) is 5.20. The average Bonchev–Trinajstić information content (AvgIpc) is 2.94. The van der Waals surface area contributed by atoms with Crippen LogP contribution in [-0.4, -0.2) is 54.7 Å². The van der Waals surface area contributed by atoms with E-state index in [2.05, 4.69) is 0 Å². The van der Waals surface area contributed by atoms with Crippen LogP contribution in [0.2, 0.25) is 0 Å². The summed E-state index contributed by atoms with van der Waals surface area (Å²) in [5, 5.41) is 17.7. The Morgan fingerprint density at radius 2 is 2.00 bits per heavy atom. The van der Waals surface area contributed by atoms with E-state index in [0.717, 1.165) is 6.42 Å². The number of aliphatic hydroxyl groups is 1. The molecule has 2 rings (SSSR count). The molecule has 1 atom stereocenters. The fourth-order valence-electron chi connectivity index (χ4n) is 2.30. The van der Waals surface area contributed by atoms with Gasteiger partial charge in [-0.1, -0.05) is 0 Å². The Labute approximate surface area is 122 Å². The first-order chi connectivity index (χ1) is 9.95. The van der Waals surface area contributed by atoms with Crippen LogP contribution in [0.25, 0.3) is 0 Å². The Kier molecular flexibility index (Phi) is 4.81. The molecule has 7 nitrogen and oxygen atoms in total. The summed E-state index contributed by atoms with van der Waals surface area (Å²) >= 11 is 0. The lowest BCUT2D eigenvalue weighted by Crippen LogP contribution is -2.37. The van der Waals surface area contributed by atoms with E-state index in [1.54, 1.807) is 0 Å². The zero-order chi connectivity index (χ0) is 15.5. The first-order valence-corrected chi connectivity index (χ1v) is 7.96. The highest BCUT2D eigenvalue weighted by Gasteiger charge is 2.34. The summed E-state index contributed by atoms with van der Waals surface area (Å²) in [5.74, 6) is -0.814. The molecular formula is C13H17NO6S. The molecule has 1 aliphatic rings. The molecule has 1 aliphatic heterocycles. The van der Waals surface area contributed by atoms with Crippen molar-refractivity contribution in [2.24, 2.45) is 0 Å². The summed E-state index contributed by atoms with van der Waals surface area (Å²) in [6.45, 7) is -0.283. The van der Waals surface area contributed by atoms with E-state index in [-0.39, 0.29) is 23.3 Å². The largest absolute Gasteiger partial charge is 0.482 e. The monoisotopic (exact) mass is 315 g/mol. The Balaban J connectivity index is 2.15. The minimum Gasteiger partial charge on any atom is -0.482 e. The highest BCUT2D eigenvalue weighted by atomic mass is 32.2. The van der Waals surface area contributed by atoms with E-state index in [4.69, 9.17) is 9.84 Å². The van der Waals surface area contributed by atoms with E-state index in [0.29, 0.717) is 13.0 Å². The molecule has 1 saturated heterocycles. The fourth-order valence-corrected chi connectivity index (χ4v) is 3.98. The Morgan fingerprint density at radius 3 is 2.57 bits per heavy atom. The van der Waals surface area contributed by atoms with Crippen molar-refractivity contribution in [3.05, 3.63) is 24.3 Å². The van der Waals surface area contributed by atoms with Crippen molar-refractivity contribution in [2.45, 2.75) is 23.8 Å². The van der Waals surface area contributed by atoms with Crippen molar-refractivity contribution < 1.29 is 28.2 Å². The third-order valence-corrected chi connectivity index (χ3v) is 5.29. The Morgan fingerprint density at radius 1 is 1.33 bits per heavy atom. The second-order valence-corrected chi connectivity index (χ2v) is 6.64. The molecule has 1 heterocycles. The molecule has 0 unspecified atom stereocenters. The van der Waals surface area contributed by atoms with Crippen LogP contribution in [0, 0.1) is 0 Å². The van der Waals surface area contributed by atoms with Gasteiger partial charge in [0, 0.05) is 12.6 Å². The van der Waals surface area contributed by atoms with Crippen LogP contribution >= 0.6 is 0 Å². The Hall–Kier alpha value is -1.64. The van der Waals surface area contributed by atoms with Gasteiger partial charge in [0.15, 0.2) is 6.61 Å². The number of benzene rings is 1. The summed E-state index contributed by atoms with van der Waals surface area (Å²) in [5.41, 5.74) is 0. The van der Waals surface area contributed by atoms with Crippen molar-refractivity contribution in [1.29, 1.82) is 0 Å². The molecule has 1 fully saturated rings. The predicted molar refractivity (Wildman–Crippen MR) is 73.6 cm³/mol. The maximum absolute atomic E-state index is 12.5. The molecule has 2 N–H and O–H groups in total. The van der Waals surface area contributed by atoms with Gasteiger partial charge in [0.2, 0.25) is 10.0 Å². The third kappa shape index (κ3) is 3.52. The second kappa shape index (κ2) is 6.42. The number of carboxylic acid groups (broad SMARTS) is 1. The number of nitrogens with zero attached hydrogens (tertiary/aromatic N) is 1. The predicted octanol–water partition coefficient (Wildman–Crippen LogP) is 0.295. The molecule has 0 saturated carbocycles. The molecule has 0 bridgehead atoms.